The van der Waals surface area contributed by atoms with Gasteiger partial charge in [0.15, 0.2) is 0 Å². The molecule has 204 valence electrons. The number of aliphatic hydroxyl groups is 1. The minimum atomic E-state index is -0.627. The molecule has 0 radical (unpaired) electrons. The number of hydrogen-bond acceptors (Lipinski definition) is 6. The Morgan fingerprint density at radius 2 is 1.79 bits per heavy atom. The van der Waals surface area contributed by atoms with Gasteiger partial charge in [-0.05, 0) is 48.7 Å². The molecule has 0 fully saturated rings. The second-order valence-corrected chi connectivity index (χ2v) is 9.08. The Bertz CT molecular complexity index is 1110. The fraction of sp³-hybridized carbons (Fsp3) is 0.367. The fourth-order valence-electron chi connectivity index (χ4n) is 4.55. The molecule has 1 aliphatic heterocycles. The van der Waals surface area contributed by atoms with E-state index in [4.69, 9.17) is 9.47 Å². The first-order valence-corrected chi connectivity index (χ1v) is 13.0. The summed E-state index contributed by atoms with van der Waals surface area (Å²) >= 11 is 0. The number of ether oxygens (including phenoxy) is 2. The molecule has 3 aromatic rings. The largest absolute Gasteiger partial charge is 0.490 e. The zero-order valence-electron chi connectivity index (χ0n) is 21.8. The summed E-state index contributed by atoms with van der Waals surface area (Å²) in [6.45, 7) is 5.60. The van der Waals surface area contributed by atoms with Gasteiger partial charge in [0.25, 0.3) is 0 Å². The first kappa shape index (κ1) is 29.3. The molecule has 0 spiro atoms. The zero-order valence-corrected chi connectivity index (χ0v) is 22.7. The maximum Gasteiger partial charge on any atom is 0.250 e. The second kappa shape index (κ2) is 15.2. The Balaban J connectivity index is 0.00000400. The molecule has 8 heteroatoms. The monoisotopic (exact) mass is 539 g/mol. The summed E-state index contributed by atoms with van der Waals surface area (Å²) in [5.41, 5.74) is 4.10. The maximum atomic E-state index is 13.0. The number of hydrogen-bond donors (Lipinski definition) is 3. The number of rotatable bonds is 13. The average molecular weight is 540 g/mol. The van der Waals surface area contributed by atoms with Crippen LogP contribution >= 0.6 is 12.4 Å². The van der Waals surface area contributed by atoms with Crippen LogP contribution in [0.3, 0.4) is 0 Å². The van der Waals surface area contributed by atoms with Crippen molar-refractivity contribution in [3.8, 4) is 5.75 Å². The number of para-hydroxylation sites is 2. The van der Waals surface area contributed by atoms with E-state index in [9.17, 15) is 9.90 Å². The Hall–Kier alpha value is -3.26. The molecule has 3 N–H and O–H groups in total. The number of anilines is 2. The Morgan fingerprint density at radius 1 is 1.05 bits per heavy atom. The Morgan fingerprint density at radius 3 is 2.53 bits per heavy atom. The van der Waals surface area contributed by atoms with E-state index < -0.39 is 12.1 Å². The third-order valence-corrected chi connectivity index (χ3v) is 6.49. The summed E-state index contributed by atoms with van der Waals surface area (Å²) in [6, 6.07) is 25.3. The van der Waals surface area contributed by atoms with Crippen molar-refractivity contribution >= 4 is 29.7 Å². The highest BCUT2D eigenvalue weighted by Crippen LogP contribution is 2.30. The van der Waals surface area contributed by atoms with Crippen molar-refractivity contribution in [1.82, 2.24) is 5.32 Å². The van der Waals surface area contributed by atoms with Crippen LogP contribution in [0.2, 0.25) is 0 Å². The van der Waals surface area contributed by atoms with Crippen molar-refractivity contribution in [1.29, 1.82) is 0 Å². The molecule has 1 aliphatic rings. The van der Waals surface area contributed by atoms with Gasteiger partial charge < -0.3 is 30.1 Å². The number of carbonyl (C=O) groups is 1. The quantitative estimate of drug-likeness (QED) is 0.275. The van der Waals surface area contributed by atoms with E-state index in [0.29, 0.717) is 13.0 Å². The van der Waals surface area contributed by atoms with Crippen LogP contribution in [-0.4, -0.2) is 56.6 Å². The predicted molar refractivity (Wildman–Crippen MR) is 154 cm³/mol. The highest BCUT2D eigenvalue weighted by molar-refractivity contribution is 5.85. The van der Waals surface area contributed by atoms with Crippen LogP contribution in [-0.2, 0) is 16.0 Å². The molecule has 0 unspecified atom stereocenters. The van der Waals surface area contributed by atoms with Gasteiger partial charge >= 0.3 is 0 Å². The van der Waals surface area contributed by atoms with Crippen LogP contribution in [0.15, 0.2) is 78.9 Å². The summed E-state index contributed by atoms with van der Waals surface area (Å²) in [7, 11) is 0. The van der Waals surface area contributed by atoms with Gasteiger partial charge in [-0.1, -0.05) is 54.6 Å². The molecule has 38 heavy (non-hydrogen) atoms. The average Bonchev–Trinajstić information content (AvgIpc) is 2.95. The topological polar surface area (TPSA) is 83.1 Å². The highest BCUT2D eigenvalue weighted by Gasteiger charge is 2.23. The van der Waals surface area contributed by atoms with E-state index in [2.05, 4.69) is 21.6 Å². The number of nitrogens with one attached hydrogen (secondary N) is 2. The molecule has 4 rings (SSSR count). The number of halogens is 1. The molecule has 0 aromatic heterocycles. The molecule has 0 aliphatic carbocycles. The van der Waals surface area contributed by atoms with E-state index in [-0.39, 0.29) is 24.9 Å². The molecule has 2 atom stereocenters. The van der Waals surface area contributed by atoms with Gasteiger partial charge in [-0.2, -0.15) is 0 Å². The van der Waals surface area contributed by atoms with Crippen LogP contribution in [0, 0.1) is 0 Å². The minimum absolute atomic E-state index is 0. The van der Waals surface area contributed by atoms with Gasteiger partial charge in [0, 0.05) is 31.8 Å². The Kier molecular flexibility index (Phi) is 11.7. The lowest BCUT2D eigenvalue weighted by molar-refractivity contribution is -0.133. The van der Waals surface area contributed by atoms with Crippen molar-refractivity contribution in [2.24, 2.45) is 0 Å². The highest BCUT2D eigenvalue weighted by atomic mass is 35.5. The summed E-state index contributed by atoms with van der Waals surface area (Å²) in [6.07, 6.45) is 0.845. The fourth-order valence-corrected chi connectivity index (χ4v) is 4.55. The van der Waals surface area contributed by atoms with Crippen LogP contribution in [0.5, 0.6) is 5.75 Å². The SMILES string of the molecule is CCO[C@@H](Cc1ccc(NCCCN2CCOc3ccccc32)cc1)C(=O)N[C@@H](CO)c1ccccc1.Cl. The second-order valence-electron chi connectivity index (χ2n) is 9.08. The molecule has 0 saturated carbocycles. The molecule has 1 amide bonds. The lowest BCUT2D eigenvalue weighted by Crippen LogP contribution is -2.41. The van der Waals surface area contributed by atoms with Gasteiger partial charge in [-0.25, -0.2) is 0 Å². The lowest BCUT2D eigenvalue weighted by Gasteiger charge is -2.31. The van der Waals surface area contributed by atoms with Crippen LogP contribution in [0.4, 0.5) is 11.4 Å². The molecule has 0 saturated heterocycles. The van der Waals surface area contributed by atoms with E-state index in [1.807, 2.05) is 79.7 Å². The van der Waals surface area contributed by atoms with E-state index >= 15 is 0 Å². The first-order valence-electron chi connectivity index (χ1n) is 13.0. The van der Waals surface area contributed by atoms with Crippen molar-refractivity contribution in [3.05, 3.63) is 90.0 Å². The normalized spacial score (nSPS) is 13.9. The van der Waals surface area contributed by atoms with E-state index in [0.717, 1.165) is 55.2 Å². The van der Waals surface area contributed by atoms with Gasteiger partial charge in [0.2, 0.25) is 5.91 Å². The summed E-state index contributed by atoms with van der Waals surface area (Å²) in [4.78, 5) is 15.3. The first-order chi connectivity index (χ1) is 18.2. The molecular weight excluding hydrogens is 502 g/mol. The van der Waals surface area contributed by atoms with E-state index in [1.165, 1.54) is 5.69 Å². The zero-order chi connectivity index (χ0) is 25.9. The molecule has 3 aromatic carbocycles. The number of aliphatic hydroxyl groups excluding tert-OH is 1. The smallest absolute Gasteiger partial charge is 0.250 e. The van der Waals surface area contributed by atoms with Gasteiger partial charge in [-0.15, -0.1) is 12.4 Å². The summed E-state index contributed by atoms with van der Waals surface area (Å²) in [5, 5.41) is 16.2. The third kappa shape index (κ3) is 8.12. The molecule has 1 heterocycles. The van der Waals surface area contributed by atoms with Gasteiger partial charge in [0.1, 0.15) is 18.5 Å². The number of amides is 1. The van der Waals surface area contributed by atoms with Crippen molar-refractivity contribution in [2.75, 3.05) is 49.7 Å². The molecule has 7 nitrogen and oxygen atoms in total. The van der Waals surface area contributed by atoms with Gasteiger partial charge in [-0.3, -0.25) is 4.79 Å². The minimum Gasteiger partial charge on any atom is -0.490 e. The van der Waals surface area contributed by atoms with E-state index in [1.54, 1.807) is 0 Å². The van der Waals surface area contributed by atoms with Gasteiger partial charge in [0.05, 0.1) is 24.9 Å². The van der Waals surface area contributed by atoms with Crippen LogP contribution < -0.4 is 20.3 Å². The Labute approximate surface area is 231 Å². The standard InChI is InChI=1S/C30H37N3O4.ClH/c1-2-36-29(30(35)32-26(22-34)24-9-4-3-5-10-24)21-23-13-15-25(16-14-23)31-17-8-18-33-19-20-37-28-12-7-6-11-27(28)33;/h3-7,9-16,26,29,31,34H,2,8,17-22H2,1H3,(H,32,35);1H/t26-,29-;/m0./s1. The number of nitrogens with zero attached hydrogens (tertiary/aromatic N) is 1. The predicted octanol–water partition coefficient (Wildman–Crippen LogP) is 4.61. The summed E-state index contributed by atoms with van der Waals surface area (Å²) < 4.78 is 11.5. The third-order valence-electron chi connectivity index (χ3n) is 6.49. The van der Waals surface area contributed by atoms with Crippen molar-refractivity contribution < 1.29 is 19.4 Å². The maximum absolute atomic E-state index is 13.0. The van der Waals surface area contributed by atoms with Crippen LogP contribution in [0.1, 0.15) is 30.5 Å². The summed E-state index contributed by atoms with van der Waals surface area (Å²) in [5.74, 6) is 0.736. The molecule has 0 bridgehead atoms. The van der Waals surface area contributed by atoms with Crippen molar-refractivity contribution in [3.63, 3.8) is 0 Å². The number of fused-ring (bicyclic) bond motifs is 1. The number of carbonyl (C=O) groups excluding carboxylic acids is 1. The number of benzene rings is 3. The van der Waals surface area contributed by atoms with Crippen LogP contribution in [0.25, 0.3) is 0 Å². The van der Waals surface area contributed by atoms with Crippen molar-refractivity contribution in [2.45, 2.75) is 31.9 Å². The lowest BCUT2D eigenvalue weighted by atomic mass is 10.0. The molecular formula is C30H38ClN3O4.